The fraction of sp³-hybridized carbons (Fsp3) is 0.353. The molecule has 0 fully saturated rings. The highest BCUT2D eigenvalue weighted by Crippen LogP contribution is 2.22. The molecule has 23 heavy (non-hydrogen) atoms. The zero-order valence-corrected chi connectivity index (χ0v) is 13.9. The van der Waals surface area contributed by atoms with Crippen LogP contribution in [-0.2, 0) is 13.6 Å². The van der Waals surface area contributed by atoms with Crippen molar-refractivity contribution in [3.05, 3.63) is 51.7 Å². The number of nitrogens with zero attached hydrogens (tertiary/aromatic N) is 4. The van der Waals surface area contributed by atoms with Gasteiger partial charge in [0, 0.05) is 19.3 Å². The first-order valence-corrected chi connectivity index (χ1v) is 7.72. The molecule has 0 atom stereocenters. The maximum Gasteiger partial charge on any atom is 0.262 e. The number of rotatable bonds is 4. The van der Waals surface area contributed by atoms with Gasteiger partial charge in [-0.3, -0.25) is 9.48 Å². The van der Waals surface area contributed by atoms with Crippen molar-refractivity contribution < 1.29 is 0 Å². The Morgan fingerprint density at radius 3 is 2.78 bits per heavy atom. The van der Waals surface area contributed by atoms with Crippen LogP contribution in [0.5, 0.6) is 0 Å². The molecule has 0 aliphatic heterocycles. The summed E-state index contributed by atoms with van der Waals surface area (Å²) in [5.41, 5.74) is 4.09. The van der Waals surface area contributed by atoms with E-state index in [0.29, 0.717) is 23.4 Å². The molecule has 0 unspecified atom stereocenters. The molecule has 0 radical (unpaired) electrons. The first kappa shape index (κ1) is 15.3. The van der Waals surface area contributed by atoms with Gasteiger partial charge in [-0.25, -0.2) is 4.98 Å². The van der Waals surface area contributed by atoms with Crippen LogP contribution in [0.15, 0.2) is 29.2 Å². The summed E-state index contributed by atoms with van der Waals surface area (Å²) in [5, 5.41) is 4.62. The first-order chi connectivity index (χ1) is 11.0. The van der Waals surface area contributed by atoms with Gasteiger partial charge in [-0.1, -0.05) is 17.7 Å². The van der Waals surface area contributed by atoms with Gasteiger partial charge in [0.2, 0.25) is 0 Å². The van der Waals surface area contributed by atoms with Crippen molar-refractivity contribution in [1.29, 1.82) is 0 Å². The number of hydrogen-bond acceptors (Lipinski definition) is 4. The Morgan fingerprint density at radius 1 is 1.30 bits per heavy atom. The Balaban J connectivity index is 1.98. The number of benzene rings is 1. The molecule has 0 aliphatic rings. The van der Waals surface area contributed by atoms with E-state index in [4.69, 9.17) is 0 Å². The van der Waals surface area contributed by atoms with E-state index in [1.54, 1.807) is 17.9 Å². The van der Waals surface area contributed by atoms with E-state index in [0.717, 1.165) is 12.2 Å². The summed E-state index contributed by atoms with van der Waals surface area (Å²) in [5.74, 6) is 0.646. The molecular formula is C17H21N5O. The van der Waals surface area contributed by atoms with Gasteiger partial charge in [0.15, 0.2) is 5.65 Å². The highest BCUT2D eigenvalue weighted by molar-refractivity contribution is 5.73. The van der Waals surface area contributed by atoms with Crippen LogP contribution in [0.1, 0.15) is 23.9 Å². The fourth-order valence-electron chi connectivity index (χ4n) is 2.86. The first-order valence-electron chi connectivity index (χ1n) is 7.72. The normalized spacial score (nSPS) is 11.1. The van der Waals surface area contributed by atoms with E-state index in [1.165, 1.54) is 11.1 Å². The van der Waals surface area contributed by atoms with E-state index < -0.39 is 0 Å². The third-order valence-electron chi connectivity index (χ3n) is 4.07. The second kappa shape index (κ2) is 5.87. The van der Waals surface area contributed by atoms with Crippen molar-refractivity contribution in [2.75, 3.05) is 11.4 Å². The number of anilines is 1. The number of aryl methyl sites for hydroxylation is 3. The van der Waals surface area contributed by atoms with Crippen molar-refractivity contribution in [3.63, 3.8) is 0 Å². The number of H-pyrrole nitrogens is 1. The van der Waals surface area contributed by atoms with Gasteiger partial charge in [-0.15, -0.1) is 0 Å². The van der Waals surface area contributed by atoms with Gasteiger partial charge in [-0.05, 0) is 32.4 Å². The van der Waals surface area contributed by atoms with Crippen molar-refractivity contribution in [2.45, 2.75) is 27.3 Å². The lowest BCUT2D eigenvalue weighted by Crippen LogP contribution is -2.26. The largest absolute Gasteiger partial charge is 0.364 e. The highest BCUT2D eigenvalue weighted by Gasteiger charge is 2.13. The second-order valence-electron chi connectivity index (χ2n) is 5.82. The minimum Gasteiger partial charge on any atom is -0.364 e. The molecule has 120 valence electrons. The Labute approximate surface area is 134 Å². The van der Waals surface area contributed by atoms with Gasteiger partial charge >= 0.3 is 0 Å². The van der Waals surface area contributed by atoms with Crippen LogP contribution in [0.4, 0.5) is 5.69 Å². The number of nitrogens with one attached hydrogen (secondary N) is 1. The van der Waals surface area contributed by atoms with E-state index in [-0.39, 0.29) is 5.56 Å². The van der Waals surface area contributed by atoms with Crippen molar-refractivity contribution in [3.8, 4) is 0 Å². The molecule has 3 rings (SSSR count). The minimum atomic E-state index is -0.144. The molecule has 2 aromatic heterocycles. The molecule has 1 N–H and O–H groups in total. The second-order valence-corrected chi connectivity index (χ2v) is 5.82. The molecule has 3 aromatic rings. The van der Waals surface area contributed by atoms with Crippen molar-refractivity contribution in [2.24, 2.45) is 7.05 Å². The highest BCUT2D eigenvalue weighted by atomic mass is 16.1. The smallest absolute Gasteiger partial charge is 0.262 e. The lowest BCUT2D eigenvalue weighted by Gasteiger charge is -2.24. The maximum absolute atomic E-state index is 12.2. The van der Waals surface area contributed by atoms with Gasteiger partial charge < -0.3 is 9.88 Å². The molecule has 0 amide bonds. The summed E-state index contributed by atoms with van der Waals surface area (Å²) in [6, 6.07) is 6.39. The van der Waals surface area contributed by atoms with Gasteiger partial charge in [0.25, 0.3) is 5.56 Å². The van der Waals surface area contributed by atoms with Crippen LogP contribution < -0.4 is 10.5 Å². The molecule has 0 spiro atoms. The van der Waals surface area contributed by atoms with Crippen LogP contribution >= 0.6 is 0 Å². The zero-order valence-electron chi connectivity index (χ0n) is 13.9. The standard InChI is InChI=1S/C17H21N5O/c1-5-22(14-7-6-11(2)8-12(14)3)10-15-19-16-13(17(23)20-15)9-18-21(16)4/h6-9H,5,10H2,1-4H3,(H,19,20,23). The summed E-state index contributed by atoms with van der Waals surface area (Å²) in [4.78, 5) is 21.8. The summed E-state index contributed by atoms with van der Waals surface area (Å²) < 4.78 is 1.63. The molecule has 2 heterocycles. The summed E-state index contributed by atoms with van der Waals surface area (Å²) in [7, 11) is 1.79. The third-order valence-corrected chi connectivity index (χ3v) is 4.07. The van der Waals surface area contributed by atoms with Crippen LogP contribution in [0, 0.1) is 13.8 Å². The summed E-state index contributed by atoms with van der Waals surface area (Å²) in [6.45, 7) is 7.67. The lowest BCUT2D eigenvalue weighted by molar-refractivity contribution is 0.755. The van der Waals surface area contributed by atoms with Crippen molar-refractivity contribution in [1.82, 2.24) is 19.7 Å². The Bertz CT molecular complexity index is 909. The average Bonchev–Trinajstić information content (AvgIpc) is 2.87. The summed E-state index contributed by atoms with van der Waals surface area (Å²) >= 11 is 0. The van der Waals surface area contributed by atoms with Crippen molar-refractivity contribution >= 4 is 16.7 Å². The molecular weight excluding hydrogens is 290 g/mol. The third kappa shape index (κ3) is 2.84. The van der Waals surface area contributed by atoms with Gasteiger partial charge in [-0.2, -0.15) is 5.10 Å². The van der Waals surface area contributed by atoms with Gasteiger partial charge in [0.05, 0.1) is 12.7 Å². The minimum absolute atomic E-state index is 0.144. The Kier molecular flexibility index (Phi) is 3.90. The van der Waals surface area contributed by atoms with E-state index in [9.17, 15) is 4.79 Å². The predicted octanol–water partition coefficient (Wildman–Crippen LogP) is 2.30. The quantitative estimate of drug-likeness (QED) is 0.803. The number of fused-ring (bicyclic) bond motifs is 1. The average molecular weight is 311 g/mol. The monoisotopic (exact) mass is 311 g/mol. The van der Waals surface area contributed by atoms with E-state index >= 15 is 0 Å². The molecule has 6 nitrogen and oxygen atoms in total. The number of hydrogen-bond donors (Lipinski definition) is 1. The molecule has 1 aromatic carbocycles. The summed E-state index contributed by atoms with van der Waals surface area (Å²) in [6.07, 6.45) is 1.55. The Morgan fingerprint density at radius 2 is 2.09 bits per heavy atom. The molecule has 0 aliphatic carbocycles. The van der Waals surface area contributed by atoms with Gasteiger partial charge in [0.1, 0.15) is 11.2 Å². The number of aromatic amines is 1. The molecule has 0 saturated carbocycles. The molecule has 0 saturated heterocycles. The SMILES string of the molecule is CCN(Cc1nc2c(cnn2C)c(=O)[nH]1)c1ccc(C)cc1C. The van der Waals surface area contributed by atoms with E-state index in [1.807, 2.05) is 0 Å². The fourth-order valence-corrected chi connectivity index (χ4v) is 2.86. The topological polar surface area (TPSA) is 66.8 Å². The van der Waals surface area contributed by atoms with Crippen LogP contribution in [0.25, 0.3) is 11.0 Å². The van der Waals surface area contributed by atoms with Crippen LogP contribution in [0.3, 0.4) is 0 Å². The number of aromatic nitrogens is 4. The van der Waals surface area contributed by atoms with E-state index in [2.05, 4.69) is 58.9 Å². The molecule has 6 heteroatoms. The predicted molar refractivity (Wildman–Crippen MR) is 91.8 cm³/mol. The maximum atomic E-state index is 12.2. The Hall–Kier alpha value is -2.63. The zero-order chi connectivity index (χ0) is 16.6. The molecule has 0 bridgehead atoms. The van der Waals surface area contributed by atoms with Crippen LogP contribution in [-0.4, -0.2) is 26.3 Å². The van der Waals surface area contributed by atoms with Crippen LogP contribution in [0.2, 0.25) is 0 Å². The lowest BCUT2D eigenvalue weighted by atomic mass is 10.1.